The number of carbonyl (C=O) groups excluding carboxylic acids is 1. The zero-order chi connectivity index (χ0) is 21.8. The summed E-state index contributed by atoms with van der Waals surface area (Å²) in [6, 6.07) is 5.74. The first kappa shape index (κ1) is 25.7. The molecule has 2 N–H and O–H groups in total. The Kier molecular flexibility index (Phi) is 9.03. The van der Waals surface area contributed by atoms with E-state index in [0.29, 0.717) is 18.9 Å². The van der Waals surface area contributed by atoms with Gasteiger partial charge in [-0.15, -0.1) is 24.0 Å². The van der Waals surface area contributed by atoms with Gasteiger partial charge < -0.3 is 15.5 Å². The number of halogens is 4. The van der Waals surface area contributed by atoms with Gasteiger partial charge in [-0.3, -0.25) is 9.79 Å². The Morgan fingerprint density at radius 3 is 2.45 bits per heavy atom. The summed E-state index contributed by atoms with van der Waals surface area (Å²) in [4.78, 5) is 18.2. The van der Waals surface area contributed by atoms with E-state index in [1.165, 1.54) is 12.1 Å². The van der Waals surface area contributed by atoms with E-state index in [-0.39, 0.29) is 35.3 Å². The molecule has 174 valence electrons. The Morgan fingerprint density at radius 2 is 1.94 bits per heavy atom. The van der Waals surface area contributed by atoms with E-state index in [1.54, 1.807) is 14.1 Å². The minimum Gasteiger partial charge on any atom is -0.359 e. The van der Waals surface area contributed by atoms with Crippen LogP contribution in [0.25, 0.3) is 0 Å². The Morgan fingerprint density at radius 1 is 1.26 bits per heavy atom. The van der Waals surface area contributed by atoms with Crippen LogP contribution in [0.15, 0.2) is 29.3 Å². The number of amides is 1. The molecule has 9 heteroatoms. The van der Waals surface area contributed by atoms with Crippen LogP contribution in [0.3, 0.4) is 0 Å². The van der Waals surface area contributed by atoms with Crippen molar-refractivity contribution < 1.29 is 18.0 Å². The predicted octanol–water partition coefficient (Wildman–Crippen LogP) is 4.17. The summed E-state index contributed by atoms with van der Waals surface area (Å²) >= 11 is 0. The van der Waals surface area contributed by atoms with E-state index in [0.717, 1.165) is 62.8 Å². The zero-order valence-electron chi connectivity index (χ0n) is 18.1. The maximum atomic E-state index is 13.2. The van der Waals surface area contributed by atoms with Crippen LogP contribution in [0.2, 0.25) is 0 Å². The van der Waals surface area contributed by atoms with Crippen LogP contribution in [0.5, 0.6) is 0 Å². The second kappa shape index (κ2) is 10.9. The third kappa shape index (κ3) is 6.26. The number of carbonyl (C=O) groups is 1. The minimum atomic E-state index is -4.33. The van der Waals surface area contributed by atoms with Crippen LogP contribution in [-0.2, 0) is 16.4 Å². The molecule has 1 saturated heterocycles. The van der Waals surface area contributed by atoms with E-state index >= 15 is 0 Å². The molecule has 1 aliphatic heterocycles. The third-order valence-electron chi connectivity index (χ3n) is 6.58. The average molecular weight is 552 g/mol. The maximum Gasteiger partial charge on any atom is 0.416 e. The second-order valence-electron chi connectivity index (χ2n) is 8.42. The van der Waals surface area contributed by atoms with Gasteiger partial charge >= 0.3 is 6.18 Å². The molecule has 5 nitrogen and oxygen atoms in total. The molecular formula is C22H32F3IN4O. The van der Waals surface area contributed by atoms with Crippen LogP contribution in [-0.4, -0.2) is 50.5 Å². The lowest BCUT2D eigenvalue weighted by Crippen LogP contribution is -2.51. The van der Waals surface area contributed by atoms with Gasteiger partial charge in [-0.25, -0.2) is 0 Å². The topological polar surface area (TPSA) is 56.7 Å². The number of guanidine groups is 1. The van der Waals surface area contributed by atoms with Crippen molar-refractivity contribution in [3.63, 3.8) is 0 Å². The number of hydrogen-bond donors (Lipinski definition) is 2. The van der Waals surface area contributed by atoms with Crippen molar-refractivity contribution in [2.75, 3.05) is 33.7 Å². The molecule has 1 aromatic carbocycles. The number of piperidine rings is 1. The van der Waals surface area contributed by atoms with E-state index in [2.05, 4.69) is 20.5 Å². The van der Waals surface area contributed by atoms with E-state index in [4.69, 9.17) is 0 Å². The molecule has 1 aliphatic carbocycles. The highest BCUT2D eigenvalue weighted by molar-refractivity contribution is 14.0. The van der Waals surface area contributed by atoms with Crippen molar-refractivity contribution in [2.45, 2.75) is 50.1 Å². The number of alkyl halides is 3. The fourth-order valence-electron chi connectivity index (χ4n) is 4.49. The smallest absolute Gasteiger partial charge is 0.359 e. The number of nitrogens with one attached hydrogen (secondary N) is 2. The molecule has 2 aliphatic rings. The molecule has 2 fully saturated rings. The van der Waals surface area contributed by atoms with E-state index in [9.17, 15) is 18.0 Å². The summed E-state index contributed by atoms with van der Waals surface area (Å²) in [6.45, 7) is 2.20. The van der Waals surface area contributed by atoms with Crippen molar-refractivity contribution >= 4 is 35.8 Å². The van der Waals surface area contributed by atoms with Crippen molar-refractivity contribution in [3.8, 4) is 0 Å². The molecule has 1 heterocycles. The highest BCUT2D eigenvalue weighted by Gasteiger charge is 2.40. The van der Waals surface area contributed by atoms with Gasteiger partial charge in [-0.2, -0.15) is 13.2 Å². The molecule has 1 saturated carbocycles. The van der Waals surface area contributed by atoms with Gasteiger partial charge in [0.1, 0.15) is 0 Å². The molecule has 0 radical (unpaired) electrons. The molecule has 31 heavy (non-hydrogen) atoms. The Labute approximate surface area is 199 Å². The largest absolute Gasteiger partial charge is 0.416 e. The highest BCUT2D eigenvalue weighted by atomic mass is 127. The van der Waals surface area contributed by atoms with Gasteiger partial charge in [0.2, 0.25) is 5.91 Å². The number of hydrogen-bond acceptors (Lipinski definition) is 2. The highest BCUT2D eigenvalue weighted by Crippen LogP contribution is 2.44. The van der Waals surface area contributed by atoms with Crippen LogP contribution in [0, 0.1) is 5.92 Å². The maximum absolute atomic E-state index is 13.2. The summed E-state index contributed by atoms with van der Waals surface area (Å²) in [6.07, 6.45) is 0.818. The number of likely N-dealkylation sites (tertiary alicyclic amines) is 1. The monoisotopic (exact) mass is 552 g/mol. The molecule has 0 unspecified atom stereocenters. The van der Waals surface area contributed by atoms with Crippen LogP contribution in [0.4, 0.5) is 13.2 Å². The number of aliphatic imine (C=N–C) groups is 1. The van der Waals surface area contributed by atoms with Crippen LogP contribution in [0.1, 0.15) is 49.7 Å². The van der Waals surface area contributed by atoms with Crippen LogP contribution >= 0.6 is 24.0 Å². The number of rotatable bonds is 5. The minimum absolute atomic E-state index is 0. The molecule has 0 spiro atoms. The van der Waals surface area contributed by atoms with Gasteiger partial charge in [0, 0.05) is 45.6 Å². The van der Waals surface area contributed by atoms with E-state index in [1.807, 2.05) is 6.07 Å². The average Bonchev–Trinajstić information content (AvgIpc) is 2.70. The first-order valence-corrected chi connectivity index (χ1v) is 10.6. The SMILES string of the molecule is CN=C(NCC1(c2cccc(C(F)(F)F)c2)CCC1)N1CCC(CC(=O)NC)CC1.I. The Balaban J connectivity index is 0.00000341. The van der Waals surface area contributed by atoms with Gasteiger partial charge in [0.15, 0.2) is 5.96 Å². The van der Waals surface area contributed by atoms with Gasteiger partial charge in [-0.1, -0.05) is 24.6 Å². The van der Waals surface area contributed by atoms with Gasteiger partial charge in [0.05, 0.1) is 5.56 Å². The van der Waals surface area contributed by atoms with Crippen LogP contribution < -0.4 is 10.6 Å². The predicted molar refractivity (Wildman–Crippen MR) is 127 cm³/mol. The third-order valence-corrected chi connectivity index (χ3v) is 6.58. The quantitative estimate of drug-likeness (QED) is 0.328. The molecule has 1 aromatic rings. The summed E-state index contributed by atoms with van der Waals surface area (Å²) in [5.74, 6) is 1.23. The van der Waals surface area contributed by atoms with Crippen molar-refractivity contribution in [3.05, 3.63) is 35.4 Å². The summed E-state index contributed by atoms with van der Waals surface area (Å²) < 4.78 is 39.5. The molecular weight excluding hydrogens is 520 g/mol. The zero-order valence-corrected chi connectivity index (χ0v) is 20.4. The lowest BCUT2D eigenvalue weighted by molar-refractivity contribution is -0.137. The van der Waals surface area contributed by atoms with Crippen molar-refractivity contribution in [1.82, 2.24) is 15.5 Å². The fourth-order valence-corrected chi connectivity index (χ4v) is 4.49. The molecule has 0 aromatic heterocycles. The van der Waals surface area contributed by atoms with Crippen molar-refractivity contribution in [2.24, 2.45) is 10.9 Å². The van der Waals surface area contributed by atoms with E-state index < -0.39 is 11.7 Å². The Bertz CT molecular complexity index is 772. The summed E-state index contributed by atoms with van der Waals surface area (Å²) in [5.41, 5.74) is -0.126. The Hall–Kier alpha value is -1.52. The number of nitrogens with zero attached hydrogens (tertiary/aromatic N) is 2. The second-order valence-corrected chi connectivity index (χ2v) is 8.42. The lowest BCUT2D eigenvalue weighted by Gasteiger charge is -2.44. The van der Waals surface area contributed by atoms with Gasteiger partial charge in [-0.05, 0) is 43.2 Å². The normalized spacial score (nSPS) is 19.3. The van der Waals surface area contributed by atoms with Gasteiger partial charge in [0.25, 0.3) is 0 Å². The first-order valence-electron chi connectivity index (χ1n) is 10.6. The number of benzene rings is 1. The summed E-state index contributed by atoms with van der Waals surface area (Å²) in [5, 5.41) is 6.10. The molecule has 3 rings (SSSR count). The lowest BCUT2D eigenvalue weighted by atomic mass is 9.64. The van der Waals surface area contributed by atoms with Crippen molar-refractivity contribution in [1.29, 1.82) is 0 Å². The first-order chi connectivity index (χ1) is 14.3. The fraction of sp³-hybridized carbons (Fsp3) is 0.636. The molecule has 1 amide bonds. The summed E-state index contributed by atoms with van der Waals surface area (Å²) in [7, 11) is 3.39. The molecule has 0 atom stereocenters. The standard InChI is InChI=1S/C22H31F3N4O.HI/c1-26-19(30)13-16-7-11-29(12-8-16)20(27-2)28-15-21(9-4-10-21)17-5-3-6-18(14-17)22(23,24)25;/h3,5-6,14,16H,4,7-13,15H2,1-2H3,(H,26,30)(H,27,28);1H. The molecule has 0 bridgehead atoms.